The summed E-state index contributed by atoms with van der Waals surface area (Å²) in [6.07, 6.45) is 5.93. The zero-order valence-corrected chi connectivity index (χ0v) is 10.4. The number of carbonyl (C=O) groups excluding carboxylic acids is 1. The summed E-state index contributed by atoms with van der Waals surface area (Å²) in [5.74, 6) is -0.0521. The molecule has 3 N–H and O–H groups in total. The summed E-state index contributed by atoms with van der Waals surface area (Å²) < 4.78 is 5.15. The third-order valence-corrected chi connectivity index (χ3v) is 3.55. The maximum Gasteiger partial charge on any atom is 0.236 e. The molecule has 1 amide bonds. The molecule has 0 unspecified atom stereocenters. The second-order valence-electron chi connectivity index (χ2n) is 4.96. The monoisotopic (exact) mass is 228 g/mol. The maximum absolute atomic E-state index is 11.4. The van der Waals surface area contributed by atoms with Crippen LogP contribution in [0, 0.1) is 5.41 Å². The number of hydrogen-bond acceptors (Lipinski definition) is 3. The van der Waals surface area contributed by atoms with E-state index in [0.717, 1.165) is 19.6 Å². The van der Waals surface area contributed by atoms with Gasteiger partial charge in [-0.2, -0.15) is 0 Å². The van der Waals surface area contributed by atoms with Crippen molar-refractivity contribution in [2.45, 2.75) is 45.1 Å². The number of amides is 1. The third kappa shape index (κ3) is 3.76. The van der Waals surface area contributed by atoms with Crippen molar-refractivity contribution in [2.75, 3.05) is 20.3 Å². The molecule has 94 valence electrons. The number of ether oxygens (including phenoxy) is 1. The first-order chi connectivity index (χ1) is 7.59. The molecule has 16 heavy (non-hydrogen) atoms. The van der Waals surface area contributed by atoms with Gasteiger partial charge in [-0.3, -0.25) is 4.79 Å². The Morgan fingerprint density at radius 1 is 1.50 bits per heavy atom. The SMILES string of the molecule is COCCC1(CNC(=O)[C@@H](C)N)CCCC1. The molecule has 0 aliphatic heterocycles. The lowest BCUT2D eigenvalue weighted by molar-refractivity contribution is -0.122. The molecular weight excluding hydrogens is 204 g/mol. The number of rotatable bonds is 6. The van der Waals surface area contributed by atoms with Gasteiger partial charge in [-0.1, -0.05) is 12.8 Å². The second kappa shape index (κ2) is 6.21. The van der Waals surface area contributed by atoms with Crippen molar-refractivity contribution in [3.63, 3.8) is 0 Å². The van der Waals surface area contributed by atoms with Crippen LogP contribution in [-0.4, -0.2) is 32.2 Å². The lowest BCUT2D eigenvalue weighted by Gasteiger charge is -2.29. The summed E-state index contributed by atoms with van der Waals surface area (Å²) in [6, 6.07) is -0.416. The van der Waals surface area contributed by atoms with E-state index in [-0.39, 0.29) is 11.3 Å². The molecule has 1 fully saturated rings. The van der Waals surface area contributed by atoms with E-state index < -0.39 is 6.04 Å². The van der Waals surface area contributed by atoms with E-state index in [1.807, 2.05) is 0 Å². The third-order valence-electron chi connectivity index (χ3n) is 3.55. The predicted octanol–water partition coefficient (Wildman–Crippen LogP) is 1.05. The zero-order chi connectivity index (χ0) is 12.0. The van der Waals surface area contributed by atoms with Gasteiger partial charge in [-0.15, -0.1) is 0 Å². The molecule has 1 rings (SSSR count). The van der Waals surface area contributed by atoms with Gasteiger partial charge >= 0.3 is 0 Å². The van der Waals surface area contributed by atoms with Crippen molar-refractivity contribution < 1.29 is 9.53 Å². The van der Waals surface area contributed by atoms with Crippen molar-refractivity contribution in [2.24, 2.45) is 11.1 Å². The molecule has 0 saturated heterocycles. The van der Waals surface area contributed by atoms with Crippen LogP contribution in [0.25, 0.3) is 0 Å². The Labute approximate surface area is 97.9 Å². The first kappa shape index (κ1) is 13.5. The minimum absolute atomic E-state index is 0.0521. The Balaban J connectivity index is 2.41. The molecule has 0 aromatic rings. The smallest absolute Gasteiger partial charge is 0.236 e. The highest BCUT2D eigenvalue weighted by Gasteiger charge is 2.33. The van der Waals surface area contributed by atoms with Crippen LogP contribution in [0.3, 0.4) is 0 Å². The number of methoxy groups -OCH3 is 1. The van der Waals surface area contributed by atoms with E-state index in [9.17, 15) is 4.79 Å². The summed E-state index contributed by atoms with van der Waals surface area (Å²) in [7, 11) is 1.73. The summed E-state index contributed by atoms with van der Waals surface area (Å²) in [5.41, 5.74) is 5.78. The van der Waals surface area contributed by atoms with E-state index >= 15 is 0 Å². The first-order valence-corrected chi connectivity index (χ1v) is 6.12. The Hall–Kier alpha value is -0.610. The molecule has 4 nitrogen and oxygen atoms in total. The predicted molar refractivity (Wildman–Crippen MR) is 64.1 cm³/mol. The Kier molecular flexibility index (Phi) is 5.22. The Morgan fingerprint density at radius 3 is 2.62 bits per heavy atom. The van der Waals surface area contributed by atoms with Gasteiger partial charge in [0.2, 0.25) is 5.91 Å². The quantitative estimate of drug-likeness (QED) is 0.714. The molecule has 0 aromatic heterocycles. The number of nitrogens with one attached hydrogen (secondary N) is 1. The van der Waals surface area contributed by atoms with Crippen molar-refractivity contribution in [1.29, 1.82) is 0 Å². The second-order valence-corrected chi connectivity index (χ2v) is 4.96. The highest BCUT2D eigenvalue weighted by molar-refractivity contribution is 5.80. The zero-order valence-electron chi connectivity index (χ0n) is 10.4. The van der Waals surface area contributed by atoms with Crippen LogP contribution in [0.2, 0.25) is 0 Å². The summed E-state index contributed by atoms with van der Waals surface area (Å²) in [4.78, 5) is 11.4. The summed E-state index contributed by atoms with van der Waals surface area (Å²) in [6.45, 7) is 3.23. The number of nitrogens with two attached hydrogens (primary N) is 1. The van der Waals surface area contributed by atoms with Gasteiger partial charge in [0.05, 0.1) is 6.04 Å². The molecule has 1 saturated carbocycles. The molecule has 0 aromatic carbocycles. The van der Waals surface area contributed by atoms with Crippen LogP contribution in [0.5, 0.6) is 0 Å². The van der Waals surface area contributed by atoms with Crippen molar-refractivity contribution in [1.82, 2.24) is 5.32 Å². The minimum Gasteiger partial charge on any atom is -0.385 e. The van der Waals surface area contributed by atoms with Crippen LogP contribution < -0.4 is 11.1 Å². The van der Waals surface area contributed by atoms with Crippen LogP contribution in [0.15, 0.2) is 0 Å². The van der Waals surface area contributed by atoms with Crippen molar-refractivity contribution >= 4 is 5.91 Å². The van der Waals surface area contributed by atoms with Crippen LogP contribution in [-0.2, 0) is 9.53 Å². The normalized spacial score (nSPS) is 20.7. The van der Waals surface area contributed by atoms with Crippen molar-refractivity contribution in [3.8, 4) is 0 Å². The fourth-order valence-electron chi connectivity index (χ4n) is 2.39. The Bertz CT molecular complexity index is 223. The van der Waals surface area contributed by atoms with Gasteiger partial charge in [0.1, 0.15) is 0 Å². The molecule has 0 spiro atoms. The standard InChI is InChI=1S/C12H24N2O2/c1-10(13)11(15)14-9-12(7-8-16-2)5-3-4-6-12/h10H,3-9,13H2,1-2H3,(H,14,15)/t10-/m1/s1. The fraction of sp³-hybridized carbons (Fsp3) is 0.917. The molecular formula is C12H24N2O2. The van der Waals surface area contributed by atoms with E-state index in [2.05, 4.69) is 5.32 Å². The topological polar surface area (TPSA) is 64.3 Å². The largest absolute Gasteiger partial charge is 0.385 e. The van der Waals surface area contributed by atoms with Gasteiger partial charge < -0.3 is 15.8 Å². The Morgan fingerprint density at radius 2 is 2.12 bits per heavy atom. The van der Waals surface area contributed by atoms with Gasteiger partial charge in [0, 0.05) is 20.3 Å². The van der Waals surface area contributed by atoms with E-state index in [1.165, 1.54) is 25.7 Å². The molecule has 1 aliphatic rings. The summed E-state index contributed by atoms with van der Waals surface area (Å²) in [5, 5.41) is 2.95. The lowest BCUT2D eigenvalue weighted by Crippen LogP contribution is -2.43. The minimum atomic E-state index is -0.416. The van der Waals surface area contributed by atoms with Gasteiger partial charge in [-0.05, 0) is 31.6 Å². The van der Waals surface area contributed by atoms with Crippen LogP contribution in [0.4, 0.5) is 0 Å². The average molecular weight is 228 g/mol. The summed E-state index contributed by atoms with van der Waals surface area (Å²) >= 11 is 0. The van der Waals surface area contributed by atoms with E-state index in [0.29, 0.717) is 0 Å². The van der Waals surface area contributed by atoms with Crippen LogP contribution in [0.1, 0.15) is 39.0 Å². The highest BCUT2D eigenvalue weighted by atomic mass is 16.5. The van der Waals surface area contributed by atoms with Crippen molar-refractivity contribution in [3.05, 3.63) is 0 Å². The van der Waals surface area contributed by atoms with E-state index in [4.69, 9.17) is 10.5 Å². The fourth-order valence-corrected chi connectivity index (χ4v) is 2.39. The van der Waals surface area contributed by atoms with Gasteiger partial charge in [0.25, 0.3) is 0 Å². The lowest BCUT2D eigenvalue weighted by atomic mass is 9.83. The van der Waals surface area contributed by atoms with Gasteiger partial charge in [0.15, 0.2) is 0 Å². The average Bonchev–Trinajstić information content (AvgIpc) is 2.72. The number of hydrogen-bond donors (Lipinski definition) is 2. The molecule has 4 heteroatoms. The van der Waals surface area contributed by atoms with Crippen LogP contribution >= 0.6 is 0 Å². The molecule has 0 radical (unpaired) electrons. The van der Waals surface area contributed by atoms with Gasteiger partial charge in [-0.25, -0.2) is 0 Å². The molecule has 1 aliphatic carbocycles. The molecule has 0 heterocycles. The first-order valence-electron chi connectivity index (χ1n) is 6.12. The van der Waals surface area contributed by atoms with E-state index in [1.54, 1.807) is 14.0 Å². The molecule has 1 atom stereocenters. The highest BCUT2D eigenvalue weighted by Crippen LogP contribution is 2.40. The molecule has 0 bridgehead atoms. The maximum atomic E-state index is 11.4. The number of carbonyl (C=O) groups is 1.